The molecule has 8 nitrogen and oxygen atoms in total. The molecule has 10 atom stereocenters. The van der Waals surface area contributed by atoms with E-state index in [4.69, 9.17) is 111 Å². The van der Waals surface area contributed by atoms with E-state index >= 15 is 0 Å². The first kappa shape index (κ1) is 39.7. The second-order valence-electron chi connectivity index (χ2n) is 9.23. The van der Waals surface area contributed by atoms with Gasteiger partial charge in [-0.05, 0) is 73.9 Å². The molecule has 4 unspecified atom stereocenters. The summed E-state index contributed by atoms with van der Waals surface area (Å²) >= 11 is 56.0. The molecule has 0 aromatic heterocycles. The third-order valence-corrected chi connectivity index (χ3v) is 8.18. The van der Waals surface area contributed by atoms with Gasteiger partial charge in [0.25, 0.3) is 0 Å². The van der Waals surface area contributed by atoms with Gasteiger partial charge in [-0.15, -0.1) is 12.6 Å². The summed E-state index contributed by atoms with van der Waals surface area (Å²) in [6.07, 6.45) is -4.43. The average molecular weight is 807 g/mol. The number of hydrogen-bond acceptors (Lipinski definition) is 14. The number of hydrogen-bond donors (Lipinski definition) is 6. The van der Waals surface area contributed by atoms with Crippen LogP contribution >= 0.6 is 149 Å². The van der Waals surface area contributed by atoms with Crippen molar-refractivity contribution in [2.45, 2.75) is 62.7 Å². The SMILES string of the molecule is CO[C@@H]1C[C@@H](COC(=S)S)[C@@H](O[C@@H]2OC(COC(=S)S)[C@@H](C)[C@H](OC(=S)S)C2OC(=S)S)C(OC(=S)S)C1CC(=S)S. The molecule has 0 aromatic rings. The fourth-order valence-corrected chi connectivity index (χ4v) is 6.42. The minimum absolute atomic E-state index is 0.0115. The monoisotopic (exact) mass is 806 g/mol. The van der Waals surface area contributed by atoms with Crippen molar-refractivity contribution < 1.29 is 37.9 Å². The molecule has 238 valence electrons. The minimum Gasteiger partial charge on any atom is -0.478 e. The highest BCUT2D eigenvalue weighted by Gasteiger charge is 2.53. The van der Waals surface area contributed by atoms with Gasteiger partial charge in [0.2, 0.25) is 21.9 Å². The Labute approximate surface area is 310 Å². The Hall–Kier alpha value is 1.52. The molecule has 0 radical (unpaired) electrons. The molecule has 0 N–H and O–H groups in total. The van der Waals surface area contributed by atoms with Crippen LogP contribution in [0.15, 0.2) is 0 Å². The third-order valence-electron chi connectivity index (χ3n) is 6.74. The van der Waals surface area contributed by atoms with Gasteiger partial charge in [-0.2, -0.15) is 0 Å². The first-order valence-electron chi connectivity index (χ1n) is 12.1. The van der Waals surface area contributed by atoms with Gasteiger partial charge in [0.15, 0.2) is 12.4 Å². The Balaban J connectivity index is 2.60. The van der Waals surface area contributed by atoms with Gasteiger partial charge in [-0.1, -0.05) is 82.3 Å². The van der Waals surface area contributed by atoms with Gasteiger partial charge >= 0.3 is 0 Å². The number of rotatable bonds is 12. The molecule has 1 saturated carbocycles. The molecule has 1 saturated heterocycles. The highest BCUT2D eigenvalue weighted by Crippen LogP contribution is 2.41. The van der Waals surface area contributed by atoms with Crippen molar-refractivity contribution >= 4 is 175 Å². The van der Waals surface area contributed by atoms with Gasteiger partial charge in [-0.25, -0.2) is 0 Å². The molecule has 0 aromatic carbocycles. The maximum atomic E-state index is 6.72. The predicted octanol–water partition coefficient (Wildman–Crippen LogP) is 5.29. The van der Waals surface area contributed by atoms with E-state index in [1.165, 1.54) is 0 Å². The Morgan fingerprint density at radius 3 is 1.74 bits per heavy atom. The van der Waals surface area contributed by atoms with Crippen LogP contribution < -0.4 is 0 Å². The van der Waals surface area contributed by atoms with Crippen LogP contribution in [0.1, 0.15) is 19.8 Å². The third kappa shape index (κ3) is 12.6. The molecule has 0 bridgehead atoms. The number of thiol groups is 6. The molecule has 1 heterocycles. The maximum absolute atomic E-state index is 6.72. The molecular formula is C22H30O8S12. The van der Waals surface area contributed by atoms with Crippen molar-refractivity contribution in [3.05, 3.63) is 0 Å². The fraction of sp³-hybridized carbons (Fsp3) is 0.727. The van der Waals surface area contributed by atoms with Crippen LogP contribution in [0.2, 0.25) is 0 Å². The van der Waals surface area contributed by atoms with Gasteiger partial charge in [0.05, 0.1) is 12.7 Å². The molecule has 42 heavy (non-hydrogen) atoms. The number of ether oxygens (including phenoxy) is 8. The van der Waals surface area contributed by atoms with Crippen LogP contribution in [0, 0.1) is 17.8 Å². The lowest BCUT2D eigenvalue weighted by molar-refractivity contribution is -0.312. The second kappa shape index (κ2) is 19.4. The quantitative estimate of drug-likeness (QED) is 0.114. The van der Waals surface area contributed by atoms with Crippen molar-refractivity contribution in [1.82, 2.24) is 0 Å². The zero-order valence-electron chi connectivity index (χ0n) is 22.0. The first-order valence-corrected chi connectivity index (χ1v) is 17.2. The second-order valence-corrected chi connectivity index (χ2v) is 16.0. The number of thiocarbonyl (C=S) groups is 6. The lowest BCUT2D eigenvalue weighted by Gasteiger charge is -2.49. The normalized spacial score (nSPS) is 32.7. The molecule has 2 fully saturated rings. The summed E-state index contributed by atoms with van der Waals surface area (Å²) in [5.41, 5.74) is 0. The summed E-state index contributed by atoms with van der Waals surface area (Å²) in [6.45, 7) is 2.02. The van der Waals surface area contributed by atoms with Gasteiger partial charge in [-0.3, -0.25) is 0 Å². The van der Waals surface area contributed by atoms with Crippen LogP contribution in [-0.2, 0) is 37.9 Å². The largest absolute Gasteiger partial charge is 0.478 e. The van der Waals surface area contributed by atoms with Crippen LogP contribution in [0.4, 0.5) is 0 Å². The highest BCUT2D eigenvalue weighted by atomic mass is 32.2. The maximum Gasteiger partial charge on any atom is 0.217 e. The first-order chi connectivity index (χ1) is 19.6. The van der Waals surface area contributed by atoms with E-state index in [1.54, 1.807) is 7.11 Å². The van der Waals surface area contributed by atoms with Crippen molar-refractivity contribution in [2.24, 2.45) is 17.8 Å². The Morgan fingerprint density at radius 2 is 1.24 bits per heavy atom. The average Bonchev–Trinajstić information content (AvgIpc) is 2.86. The lowest BCUT2D eigenvalue weighted by Crippen LogP contribution is -2.62. The topological polar surface area (TPSA) is 73.8 Å². The van der Waals surface area contributed by atoms with Gasteiger partial charge < -0.3 is 37.9 Å². The van der Waals surface area contributed by atoms with E-state index in [9.17, 15) is 0 Å². The summed E-state index contributed by atoms with van der Waals surface area (Å²) in [5.74, 6) is -1.06. The molecule has 2 aliphatic rings. The summed E-state index contributed by atoms with van der Waals surface area (Å²) in [7, 11) is 1.60. The van der Waals surface area contributed by atoms with Gasteiger partial charge in [0, 0.05) is 29.1 Å². The Kier molecular flexibility index (Phi) is 18.3. The fourth-order valence-electron chi connectivity index (χ4n) is 5.03. The van der Waals surface area contributed by atoms with Crippen molar-refractivity contribution in [3.63, 3.8) is 0 Å². The van der Waals surface area contributed by atoms with Crippen LogP contribution in [0.5, 0.6) is 0 Å². The summed E-state index contributed by atoms with van der Waals surface area (Å²) in [5, 5.41) is 0. The Morgan fingerprint density at radius 1 is 0.714 bits per heavy atom. The van der Waals surface area contributed by atoms with E-state index in [0.717, 1.165) is 0 Å². The van der Waals surface area contributed by atoms with Crippen molar-refractivity contribution in [3.8, 4) is 0 Å². The minimum atomic E-state index is -1.13. The molecule has 0 amide bonds. The predicted molar refractivity (Wildman–Crippen MR) is 206 cm³/mol. The zero-order chi connectivity index (χ0) is 31.7. The smallest absolute Gasteiger partial charge is 0.217 e. The van der Waals surface area contributed by atoms with Crippen LogP contribution in [0.3, 0.4) is 0 Å². The summed E-state index contributed by atoms with van der Waals surface area (Å²) in [4.78, 5) is 0. The molecule has 1 aliphatic heterocycles. The zero-order valence-corrected chi connectivity index (χ0v) is 32.3. The van der Waals surface area contributed by atoms with E-state index in [1.807, 2.05) is 6.92 Å². The summed E-state index contributed by atoms with van der Waals surface area (Å²) < 4.78 is 48.5. The highest BCUT2D eigenvalue weighted by molar-refractivity contribution is 8.12. The molecule has 20 heteroatoms. The molecule has 2 rings (SSSR count). The van der Waals surface area contributed by atoms with E-state index in [2.05, 4.69) is 75.8 Å². The molecular weight excluding hydrogens is 777 g/mol. The number of methoxy groups -OCH3 is 1. The summed E-state index contributed by atoms with van der Waals surface area (Å²) in [6, 6.07) is 0. The van der Waals surface area contributed by atoms with Crippen molar-refractivity contribution in [2.75, 3.05) is 20.3 Å². The van der Waals surface area contributed by atoms with E-state index < -0.39 is 36.8 Å². The lowest BCUT2D eigenvalue weighted by atomic mass is 9.74. The van der Waals surface area contributed by atoms with Crippen LogP contribution in [0.25, 0.3) is 0 Å². The Bertz CT molecular complexity index is 1020. The standard InChI is InChI=1S/C22H30O8S12/c1-7-11(6-25-19(35)36)26-17(16(30-22(41)42)13(7)28-20(37)38)27-14-8(5-24-18(33)34)3-10(23-2)9(4-12(31)32)15(14)29-21(39)40/h7-11,13-17H,3-6H2,1-2H3,(H,31,32)(H,33,34)(H,35,36)(H,37,38)(H,39,40)(H,41,42)/t7-,8+,9?,10-,11?,13+,14-,15?,16?,17+/m1/s1. The van der Waals surface area contributed by atoms with Gasteiger partial charge in [0.1, 0.15) is 31.0 Å². The van der Waals surface area contributed by atoms with Crippen LogP contribution in [-0.4, -0.2) is 89.3 Å². The van der Waals surface area contributed by atoms with E-state index in [0.29, 0.717) is 17.0 Å². The van der Waals surface area contributed by atoms with Crippen molar-refractivity contribution in [1.29, 1.82) is 0 Å². The molecule has 0 spiro atoms. The molecule has 1 aliphatic carbocycles. The van der Waals surface area contributed by atoms with E-state index in [-0.39, 0.29) is 59.0 Å².